The van der Waals surface area contributed by atoms with Crippen LogP contribution >= 0.6 is 11.3 Å². The van der Waals surface area contributed by atoms with Crippen molar-refractivity contribution in [1.29, 1.82) is 0 Å². The zero-order valence-corrected chi connectivity index (χ0v) is 8.11. The maximum absolute atomic E-state index is 11.3. The van der Waals surface area contributed by atoms with E-state index in [1.807, 2.05) is 0 Å². The van der Waals surface area contributed by atoms with E-state index in [0.29, 0.717) is 10.7 Å². The van der Waals surface area contributed by atoms with Gasteiger partial charge in [-0.25, -0.2) is 9.78 Å². The van der Waals surface area contributed by atoms with E-state index in [2.05, 4.69) is 15.0 Å². The molecular weight excluding hydrogens is 218 g/mol. The van der Waals surface area contributed by atoms with Gasteiger partial charge in [0.05, 0.1) is 10.4 Å². The highest BCUT2D eigenvalue weighted by atomic mass is 32.1. The number of aromatic amines is 1. The smallest absolute Gasteiger partial charge is 0.342 e. The number of thiazole rings is 1. The quantitative estimate of drug-likeness (QED) is 0.776. The molecular formula is C8H5N3O3S. The number of hydrogen-bond acceptors (Lipinski definition) is 5. The summed E-state index contributed by atoms with van der Waals surface area (Å²) in [6, 6.07) is 0. The van der Waals surface area contributed by atoms with E-state index < -0.39 is 11.5 Å². The molecule has 6 nitrogen and oxygen atoms in total. The lowest BCUT2D eigenvalue weighted by molar-refractivity contribution is 0.0694. The minimum absolute atomic E-state index is 0.326. The van der Waals surface area contributed by atoms with Crippen molar-refractivity contribution >= 4 is 17.3 Å². The second-order valence-corrected chi connectivity index (χ2v) is 3.53. The summed E-state index contributed by atoms with van der Waals surface area (Å²) in [4.78, 5) is 32.6. The molecule has 0 saturated heterocycles. The van der Waals surface area contributed by atoms with Crippen LogP contribution in [0, 0.1) is 0 Å². The Kier molecular flexibility index (Phi) is 2.30. The Balaban J connectivity index is 2.52. The molecule has 2 heterocycles. The van der Waals surface area contributed by atoms with Crippen LogP contribution < -0.4 is 5.56 Å². The van der Waals surface area contributed by atoms with Gasteiger partial charge >= 0.3 is 5.97 Å². The highest BCUT2D eigenvalue weighted by Gasteiger charge is 2.10. The van der Waals surface area contributed by atoms with Crippen LogP contribution in [0.5, 0.6) is 0 Å². The molecule has 0 bridgehead atoms. The number of hydrogen-bond donors (Lipinski definition) is 2. The van der Waals surface area contributed by atoms with Gasteiger partial charge in [0.1, 0.15) is 5.56 Å². The number of nitrogens with zero attached hydrogens (tertiary/aromatic N) is 2. The van der Waals surface area contributed by atoms with Crippen LogP contribution in [0.3, 0.4) is 0 Å². The summed E-state index contributed by atoms with van der Waals surface area (Å²) in [6.07, 6.45) is 2.58. The van der Waals surface area contributed by atoms with Gasteiger partial charge in [-0.05, 0) is 0 Å². The monoisotopic (exact) mass is 223 g/mol. The lowest BCUT2D eigenvalue weighted by Crippen LogP contribution is -2.18. The van der Waals surface area contributed by atoms with E-state index >= 15 is 0 Å². The summed E-state index contributed by atoms with van der Waals surface area (Å²) in [5.74, 6) is -0.966. The first-order valence-electron chi connectivity index (χ1n) is 3.90. The fourth-order valence-electron chi connectivity index (χ4n) is 1.01. The number of carbonyl (C=O) groups is 1. The van der Waals surface area contributed by atoms with Crippen LogP contribution in [0.2, 0.25) is 0 Å². The highest BCUT2D eigenvalue weighted by Crippen LogP contribution is 2.17. The maximum atomic E-state index is 11.3. The fourth-order valence-corrected chi connectivity index (χ4v) is 1.58. The first kappa shape index (κ1) is 9.53. The van der Waals surface area contributed by atoms with Gasteiger partial charge in [0.2, 0.25) is 0 Å². The predicted molar refractivity (Wildman–Crippen MR) is 52.9 cm³/mol. The Morgan fingerprint density at radius 3 is 2.80 bits per heavy atom. The number of rotatable bonds is 2. The number of carboxylic acids is 1. The largest absolute Gasteiger partial charge is 0.477 e. The zero-order valence-electron chi connectivity index (χ0n) is 7.30. The maximum Gasteiger partial charge on any atom is 0.342 e. The van der Waals surface area contributed by atoms with Crippen molar-refractivity contribution in [2.24, 2.45) is 0 Å². The first-order valence-corrected chi connectivity index (χ1v) is 4.78. The van der Waals surface area contributed by atoms with Crippen LogP contribution in [0.1, 0.15) is 10.4 Å². The van der Waals surface area contributed by atoms with Gasteiger partial charge in [0, 0.05) is 12.4 Å². The van der Waals surface area contributed by atoms with E-state index in [1.54, 1.807) is 11.7 Å². The molecule has 2 aromatic rings. The van der Waals surface area contributed by atoms with Crippen molar-refractivity contribution in [3.05, 3.63) is 33.8 Å². The summed E-state index contributed by atoms with van der Waals surface area (Å²) in [5.41, 5.74) is 0.560. The van der Waals surface area contributed by atoms with Gasteiger partial charge in [-0.2, -0.15) is 0 Å². The second-order valence-electron chi connectivity index (χ2n) is 2.65. The third-order valence-electron chi connectivity index (χ3n) is 1.70. The van der Waals surface area contributed by atoms with E-state index in [0.717, 1.165) is 6.20 Å². The third kappa shape index (κ3) is 1.77. The molecule has 0 aliphatic carbocycles. The molecule has 0 aliphatic heterocycles. The zero-order chi connectivity index (χ0) is 10.8. The Hall–Kier alpha value is -2.02. The average Bonchev–Trinajstić information content (AvgIpc) is 2.69. The molecule has 2 rings (SSSR count). The Bertz CT molecular complexity index is 547. The number of aromatic carboxylic acids is 1. The van der Waals surface area contributed by atoms with Gasteiger partial charge in [-0.1, -0.05) is 0 Å². The number of aromatic nitrogens is 3. The molecule has 0 radical (unpaired) electrons. The molecule has 0 atom stereocenters. The Morgan fingerprint density at radius 1 is 1.47 bits per heavy atom. The molecule has 0 aromatic carbocycles. The normalized spacial score (nSPS) is 10.1. The van der Waals surface area contributed by atoms with E-state index in [1.165, 1.54) is 11.3 Å². The summed E-state index contributed by atoms with van der Waals surface area (Å²) in [6.45, 7) is 0. The Labute approximate surface area is 87.3 Å². The minimum atomic E-state index is -1.29. The third-order valence-corrected chi connectivity index (χ3v) is 2.48. The van der Waals surface area contributed by atoms with Crippen molar-refractivity contribution in [1.82, 2.24) is 15.0 Å². The van der Waals surface area contributed by atoms with Crippen LogP contribution in [0.15, 0.2) is 22.7 Å². The fraction of sp³-hybridized carbons (Fsp3) is 0. The number of nitrogens with one attached hydrogen (secondary N) is 1. The number of carboxylic acid groups (broad SMARTS) is 1. The van der Waals surface area contributed by atoms with Crippen LogP contribution in [-0.2, 0) is 0 Å². The molecule has 2 aromatic heterocycles. The van der Waals surface area contributed by atoms with E-state index in [-0.39, 0.29) is 5.56 Å². The van der Waals surface area contributed by atoms with Gasteiger partial charge in [-0.3, -0.25) is 9.78 Å². The molecule has 2 N–H and O–H groups in total. The minimum Gasteiger partial charge on any atom is -0.477 e. The molecule has 15 heavy (non-hydrogen) atoms. The van der Waals surface area contributed by atoms with Crippen LogP contribution in [-0.4, -0.2) is 26.0 Å². The molecule has 0 saturated carbocycles. The molecule has 0 aliphatic rings. The van der Waals surface area contributed by atoms with Crippen LogP contribution in [0.4, 0.5) is 0 Å². The molecule has 0 amide bonds. The van der Waals surface area contributed by atoms with Gasteiger partial charge < -0.3 is 10.1 Å². The van der Waals surface area contributed by atoms with Crippen molar-refractivity contribution < 1.29 is 9.90 Å². The molecule has 0 spiro atoms. The SMILES string of the molecule is O=C(O)c1cnc(-c2cncs2)[nH]c1=O. The average molecular weight is 223 g/mol. The van der Waals surface area contributed by atoms with Crippen molar-refractivity contribution in [3.8, 4) is 10.7 Å². The first-order chi connectivity index (χ1) is 7.18. The van der Waals surface area contributed by atoms with E-state index in [9.17, 15) is 9.59 Å². The summed E-state index contributed by atoms with van der Waals surface area (Å²) in [7, 11) is 0. The second kappa shape index (κ2) is 3.62. The summed E-state index contributed by atoms with van der Waals surface area (Å²) >= 11 is 1.31. The molecule has 0 unspecified atom stereocenters. The lowest BCUT2D eigenvalue weighted by Gasteiger charge is -1.96. The molecule has 76 valence electrons. The van der Waals surface area contributed by atoms with Gasteiger partial charge in [0.15, 0.2) is 5.82 Å². The topological polar surface area (TPSA) is 95.9 Å². The van der Waals surface area contributed by atoms with Crippen molar-refractivity contribution in [2.45, 2.75) is 0 Å². The summed E-state index contributed by atoms with van der Waals surface area (Å²) in [5, 5.41) is 8.62. The van der Waals surface area contributed by atoms with Crippen molar-refractivity contribution in [2.75, 3.05) is 0 Å². The predicted octanol–water partition coefficient (Wildman–Crippen LogP) is 0.592. The van der Waals surface area contributed by atoms with E-state index in [4.69, 9.17) is 5.11 Å². The standard InChI is InChI=1S/C8H5N3O3S/c12-7-4(8(13)14)1-10-6(11-7)5-2-9-3-15-5/h1-3H,(H,13,14)(H,10,11,12). The molecule has 7 heteroatoms. The lowest BCUT2D eigenvalue weighted by atomic mass is 10.3. The summed E-state index contributed by atoms with van der Waals surface area (Å²) < 4.78 is 0. The number of H-pyrrole nitrogens is 1. The van der Waals surface area contributed by atoms with Crippen LogP contribution in [0.25, 0.3) is 10.7 Å². The Morgan fingerprint density at radius 2 is 2.27 bits per heavy atom. The van der Waals surface area contributed by atoms with Crippen molar-refractivity contribution in [3.63, 3.8) is 0 Å². The highest BCUT2D eigenvalue weighted by molar-refractivity contribution is 7.13. The van der Waals surface area contributed by atoms with Gasteiger partial charge in [0.25, 0.3) is 5.56 Å². The molecule has 0 fully saturated rings. The van der Waals surface area contributed by atoms with Gasteiger partial charge in [-0.15, -0.1) is 11.3 Å².